The number of nitro benzene ring substituents is 1. The molecule has 24 heavy (non-hydrogen) atoms. The van der Waals surface area contributed by atoms with Crippen LogP contribution in [0, 0.1) is 10.1 Å². The molecule has 9 nitrogen and oxygen atoms in total. The molecule has 0 amide bonds. The third-order valence-electron chi connectivity index (χ3n) is 3.79. The molecule has 1 N–H and O–H groups in total. The van der Waals surface area contributed by atoms with Crippen molar-refractivity contribution in [3.05, 3.63) is 34.4 Å². The molecule has 5 atom stereocenters. The molecule has 1 aromatic carbocycles. The summed E-state index contributed by atoms with van der Waals surface area (Å²) in [7, 11) is 4.40. The standard InChI is InChI=1S/C15H21NO8/c1-20-8-11-12(17)13(21-2)14(22-3)15(24-11)23-10-6-4-9(5-7-10)16(18)19/h4-7,11-15,17H,8H2,1-3H3/t11-,12+,13+,14-,15-/m1/s1. The van der Waals surface area contributed by atoms with Gasteiger partial charge in [-0.2, -0.15) is 0 Å². The number of nitrogens with zero attached hydrogens (tertiary/aromatic N) is 1. The lowest BCUT2D eigenvalue weighted by Crippen LogP contribution is -2.61. The minimum atomic E-state index is -0.948. The summed E-state index contributed by atoms with van der Waals surface area (Å²) in [6.07, 6.45) is -3.84. The Morgan fingerprint density at radius 2 is 1.79 bits per heavy atom. The number of hydrogen-bond acceptors (Lipinski definition) is 8. The van der Waals surface area contributed by atoms with Crippen molar-refractivity contribution in [2.45, 2.75) is 30.7 Å². The van der Waals surface area contributed by atoms with Crippen LogP contribution in [0.4, 0.5) is 5.69 Å². The first-order valence-electron chi connectivity index (χ1n) is 7.31. The third-order valence-corrected chi connectivity index (χ3v) is 3.79. The van der Waals surface area contributed by atoms with E-state index >= 15 is 0 Å². The number of hydrogen-bond donors (Lipinski definition) is 1. The highest BCUT2D eigenvalue weighted by Crippen LogP contribution is 2.28. The van der Waals surface area contributed by atoms with E-state index in [4.69, 9.17) is 23.7 Å². The SMILES string of the molecule is COC[C@H]1O[C@@H](Oc2ccc([N+](=O)[O-])cc2)[C@H](OC)[C@@H](OC)[C@H]1O. The van der Waals surface area contributed by atoms with E-state index in [9.17, 15) is 15.2 Å². The second kappa shape index (κ2) is 8.36. The molecule has 0 bridgehead atoms. The number of ether oxygens (including phenoxy) is 5. The van der Waals surface area contributed by atoms with Crippen LogP contribution in [0.3, 0.4) is 0 Å². The maximum atomic E-state index is 10.7. The topological polar surface area (TPSA) is 110 Å². The molecule has 2 rings (SSSR count). The highest BCUT2D eigenvalue weighted by atomic mass is 16.7. The van der Waals surface area contributed by atoms with E-state index < -0.39 is 35.6 Å². The lowest BCUT2D eigenvalue weighted by Gasteiger charge is -2.42. The molecular formula is C15H21NO8. The lowest BCUT2D eigenvalue weighted by atomic mass is 9.99. The van der Waals surface area contributed by atoms with Crippen LogP contribution in [0.1, 0.15) is 0 Å². The van der Waals surface area contributed by atoms with E-state index in [0.29, 0.717) is 5.75 Å². The van der Waals surface area contributed by atoms with Gasteiger partial charge in [-0.15, -0.1) is 0 Å². The van der Waals surface area contributed by atoms with Crippen molar-refractivity contribution in [1.82, 2.24) is 0 Å². The Morgan fingerprint density at radius 1 is 1.17 bits per heavy atom. The van der Waals surface area contributed by atoms with Crippen LogP contribution in [-0.4, -0.2) is 68.7 Å². The van der Waals surface area contributed by atoms with E-state index in [1.54, 1.807) is 0 Å². The van der Waals surface area contributed by atoms with Crippen LogP contribution in [-0.2, 0) is 18.9 Å². The number of benzene rings is 1. The monoisotopic (exact) mass is 343 g/mol. The summed E-state index contributed by atoms with van der Waals surface area (Å²) in [6, 6.07) is 5.59. The van der Waals surface area contributed by atoms with Gasteiger partial charge >= 0.3 is 0 Å². The fraction of sp³-hybridized carbons (Fsp3) is 0.600. The van der Waals surface area contributed by atoms with Crippen LogP contribution < -0.4 is 4.74 Å². The summed E-state index contributed by atoms with van der Waals surface area (Å²) in [6.45, 7) is 0.150. The van der Waals surface area contributed by atoms with Gasteiger partial charge in [-0.3, -0.25) is 10.1 Å². The molecular weight excluding hydrogens is 322 g/mol. The molecule has 0 spiro atoms. The normalized spacial score (nSPS) is 30.1. The van der Waals surface area contributed by atoms with Gasteiger partial charge in [-0.1, -0.05) is 0 Å². The first-order valence-corrected chi connectivity index (χ1v) is 7.31. The Morgan fingerprint density at radius 3 is 2.29 bits per heavy atom. The molecule has 0 saturated carbocycles. The van der Waals surface area contributed by atoms with Gasteiger partial charge in [0.05, 0.1) is 11.5 Å². The summed E-state index contributed by atoms with van der Waals surface area (Å²) in [4.78, 5) is 10.2. The quantitative estimate of drug-likeness (QED) is 0.570. The zero-order valence-corrected chi connectivity index (χ0v) is 13.7. The molecule has 134 valence electrons. The molecule has 9 heteroatoms. The van der Waals surface area contributed by atoms with E-state index in [1.807, 2.05) is 0 Å². The highest BCUT2D eigenvalue weighted by molar-refractivity contribution is 5.36. The Labute approximate surface area is 139 Å². The molecule has 0 unspecified atom stereocenters. The maximum Gasteiger partial charge on any atom is 0.269 e. The Kier molecular flexibility index (Phi) is 6.46. The first kappa shape index (κ1) is 18.6. The number of non-ortho nitro benzene ring substituents is 1. The second-order valence-electron chi connectivity index (χ2n) is 5.26. The van der Waals surface area contributed by atoms with E-state index in [2.05, 4.69) is 0 Å². The summed E-state index contributed by atoms with van der Waals surface area (Å²) < 4.78 is 27.2. The molecule has 1 aliphatic rings. The molecule has 1 aliphatic heterocycles. The Balaban J connectivity index is 2.16. The van der Waals surface area contributed by atoms with Crippen molar-refractivity contribution in [3.8, 4) is 5.75 Å². The van der Waals surface area contributed by atoms with Crippen molar-refractivity contribution in [3.63, 3.8) is 0 Å². The molecule has 0 aromatic heterocycles. The average Bonchev–Trinajstić information content (AvgIpc) is 2.57. The number of aliphatic hydroxyl groups is 1. The molecule has 1 aromatic rings. The molecule has 1 heterocycles. The van der Waals surface area contributed by atoms with E-state index in [-0.39, 0.29) is 12.3 Å². The lowest BCUT2D eigenvalue weighted by molar-refractivity contribution is -0.384. The second-order valence-corrected chi connectivity index (χ2v) is 5.26. The molecule has 1 fully saturated rings. The number of aliphatic hydroxyl groups excluding tert-OH is 1. The first-order chi connectivity index (χ1) is 11.5. The van der Waals surface area contributed by atoms with Crippen LogP contribution in [0.15, 0.2) is 24.3 Å². The van der Waals surface area contributed by atoms with Crippen molar-refractivity contribution in [2.75, 3.05) is 27.9 Å². The number of rotatable bonds is 7. The van der Waals surface area contributed by atoms with Crippen molar-refractivity contribution in [2.24, 2.45) is 0 Å². The predicted molar refractivity (Wildman–Crippen MR) is 81.9 cm³/mol. The van der Waals surface area contributed by atoms with Crippen molar-refractivity contribution >= 4 is 5.69 Å². The minimum Gasteiger partial charge on any atom is -0.462 e. The Hall–Kier alpha value is -1.78. The fourth-order valence-electron chi connectivity index (χ4n) is 2.59. The maximum absolute atomic E-state index is 10.7. The summed E-state index contributed by atoms with van der Waals surface area (Å²) >= 11 is 0. The third kappa shape index (κ3) is 4.00. The minimum absolute atomic E-state index is 0.0438. The van der Waals surface area contributed by atoms with Gasteiger partial charge in [0.25, 0.3) is 5.69 Å². The highest BCUT2D eigenvalue weighted by Gasteiger charge is 2.47. The van der Waals surface area contributed by atoms with Crippen LogP contribution in [0.2, 0.25) is 0 Å². The summed E-state index contributed by atoms with van der Waals surface area (Å²) in [5.41, 5.74) is -0.0438. The smallest absolute Gasteiger partial charge is 0.269 e. The van der Waals surface area contributed by atoms with Crippen LogP contribution in [0.5, 0.6) is 5.75 Å². The average molecular weight is 343 g/mol. The van der Waals surface area contributed by atoms with Gasteiger partial charge in [0, 0.05) is 33.5 Å². The summed E-state index contributed by atoms with van der Waals surface area (Å²) in [5, 5.41) is 21.0. The largest absolute Gasteiger partial charge is 0.462 e. The van der Waals surface area contributed by atoms with Gasteiger partial charge in [-0.25, -0.2) is 0 Å². The number of methoxy groups -OCH3 is 3. The molecule has 0 aliphatic carbocycles. The van der Waals surface area contributed by atoms with E-state index in [0.717, 1.165) is 0 Å². The zero-order chi connectivity index (χ0) is 17.7. The van der Waals surface area contributed by atoms with E-state index in [1.165, 1.54) is 45.6 Å². The summed E-state index contributed by atoms with van der Waals surface area (Å²) in [5.74, 6) is 0.370. The predicted octanol–water partition coefficient (Wildman–Crippen LogP) is 0.736. The van der Waals surface area contributed by atoms with Crippen LogP contribution in [0.25, 0.3) is 0 Å². The van der Waals surface area contributed by atoms with Crippen molar-refractivity contribution < 1.29 is 33.7 Å². The fourth-order valence-corrected chi connectivity index (χ4v) is 2.59. The van der Waals surface area contributed by atoms with Gasteiger partial charge in [0.15, 0.2) is 0 Å². The zero-order valence-electron chi connectivity index (χ0n) is 13.7. The van der Waals surface area contributed by atoms with Crippen LogP contribution >= 0.6 is 0 Å². The van der Waals surface area contributed by atoms with Gasteiger partial charge in [0.1, 0.15) is 30.2 Å². The molecule has 1 saturated heterocycles. The van der Waals surface area contributed by atoms with Gasteiger partial charge in [0.2, 0.25) is 6.29 Å². The number of nitro groups is 1. The molecule has 0 radical (unpaired) electrons. The Bertz CT molecular complexity index is 537. The van der Waals surface area contributed by atoms with Gasteiger partial charge in [-0.05, 0) is 12.1 Å². The van der Waals surface area contributed by atoms with Crippen molar-refractivity contribution in [1.29, 1.82) is 0 Å². The van der Waals surface area contributed by atoms with Gasteiger partial charge < -0.3 is 28.8 Å².